The molecule has 34 heavy (non-hydrogen) atoms. The summed E-state index contributed by atoms with van der Waals surface area (Å²) < 4.78 is 44.0. The number of nitrogens with zero attached hydrogens (tertiary/aromatic N) is 2. The summed E-state index contributed by atoms with van der Waals surface area (Å²) in [6.07, 6.45) is 1.27. The molecule has 176 valence electrons. The van der Waals surface area contributed by atoms with Crippen LogP contribution >= 0.6 is 0 Å². The number of rotatable bonds is 8. The molecule has 2 unspecified atom stereocenters. The van der Waals surface area contributed by atoms with Crippen molar-refractivity contribution in [1.82, 2.24) is 9.97 Å². The monoisotopic (exact) mass is 467 g/mol. The number of hydrogen-bond acceptors (Lipinski definition) is 6. The molecule has 1 aromatic heterocycles. The number of methoxy groups -OCH3 is 2. The summed E-state index contributed by atoms with van der Waals surface area (Å²) in [6, 6.07) is 10.2. The van der Waals surface area contributed by atoms with Crippen molar-refractivity contribution in [3.63, 3.8) is 0 Å². The smallest absolute Gasteiger partial charge is 0.229 e. The predicted octanol–water partition coefficient (Wildman–Crippen LogP) is 3.80. The van der Waals surface area contributed by atoms with Gasteiger partial charge in [-0.15, -0.1) is 0 Å². The highest BCUT2D eigenvalue weighted by Gasteiger charge is 2.91. The molecule has 2 aliphatic carbocycles. The van der Waals surface area contributed by atoms with E-state index in [1.54, 1.807) is 32.4 Å². The standard InChI is InChI=1S/C25H23F2N3O4/c1-13-28-11-20(18(29-13)12-32-2)34-23-21-22(24(31)30-16-7-5-15(26)6-8-16)25(21,23)14-4-9-17(27)19(10-14)33-3/h4-11,21-23H,12H2,1-3H3,(H,30,31)/t21?,22-,23?,25-/m0/s1. The zero-order valence-electron chi connectivity index (χ0n) is 18.8. The first-order chi connectivity index (χ1) is 16.4. The van der Waals surface area contributed by atoms with Gasteiger partial charge >= 0.3 is 0 Å². The molecule has 1 amide bonds. The summed E-state index contributed by atoms with van der Waals surface area (Å²) in [7, 11) is 2.96. The van der Waals surface area contributed by atoms with E-state index in [1.165, 1.54) is 37.4 Å². The third-order valence-electron chi connectivity index (χ3n) is 6.53. The van der Waals surface area contributed by atoms with Gasteiger partial charge in [0.05, 0.1) is 31.2 Å². The number of halogens is 2. The van der Waals surface area contributed by atoms with Crippen LogP contribution in [0.4, 0.5) is 14.5 Å². The van der Waals surface area contributed by atoms with E-state index in [1.807, 2.05) is 0 Å². The molecule has 2 fully saturated rings. The molecule has 0 radical (unpaired) electrons. The average molecular weight is 467 g/mol. The number of fused-ring (bicyclic) bond motifs is 1. The normalized spacial score (nSPS) is 24.2. The second kappa shape index (κ2) is 8.32. The van der Waals surface area contributed by atoms with E-state index in [0.717, 1.165) is 5.56 Å². The molecule has 0 spiro atoms. The number of carbonyl (C=O) groups excluding carboxylic acids is 1. The van der Waals surface area contributed by atoms with Gasteiger partial charge in [-0.3, -0.25) is 4.79 Å². The van der Waals surface area contributed by atoms with Crippen LogP contribution in [0.15, 0.2) is 48.7 Å². The van der Waals surface area contributed by atoms with Gasteiger partial charge < -0.3 is 19.5 Å². The molecule has 4 atom stereocenters. The zero-order valence-corrected chi connectivity index (χ0v) is 18.8. The number of aromatic nitrogens is 2. The summed E-state index contributed by atoms with van der Waals surface area (Å²) >= 11 is 0. The third-order valence-corrected chi connectivity index (χ3v) is 6.53. The number of nitrogens with one attached hydrogen (secondary N) is 1. The summed E-state index contributed by atoms with van der Waals surface area (Å²) in [5, 5.41) is 2.84. The van der Waals surface area contributed by atoms with E-state index in [9.17, 15) is 13.6 Å². The minimum absolute atomic E-state index is 0.0969. The fourth-order valence-electron chi connectivity index (χ4n) is 4.82. The largest absolute Gasteiger partial charge is 0.494 e. The van der Waals surface area contributed by atoms with Crippen LogP contribution in [0.5, 0.6) is 11.5 Å². The van der Waals surface area contributed by atoms with Gasteiger partial charge in [-0.25, -0.2) is 18.7 Å². The van der Waals surface area contributed by atoms with Gasteiger partial charge in [0.15, 0.2) is 17.3 Å². The first-order valence-electron chi connectivity index (χ1n) is 10.8. The molecule has 0 saturated heterocycles. The first-order valence-corrected chi connectivity index (χ1v) is 10.8. The van der Waals surface area contributed by atoms with Crippen molar-refractivity contribution in [3.05, 3.63) is 77.4 Å². The minimum Gasteiger partial charge on any atom is -0.494 e. The minimum atomic E-state index is -0.639. The van der Waals surface area contributed by atoms with E-state index < -0.39 is 17.2 Å². The van der Waals surface area contributed by atoms with Crippen LogP contribution in [-0.2, 0) is 21.6 Å². The van der Waals surface area contributed by atoms with Gasteiger partial charge in [0.25, 0.3) is 0 Å². The van der Waals surface area contributed by atoms with Gasteiger partial charge in [0.1, 0.15) is 23.4 Å². The molecule has 7 nitrogen and oxygen atoms in total. The Hall–Kier alpha value is -3.59. The van der Waals surface area contributed by atoms with Gasteiger partial charge in [-0.1, -0.05) is 6.07 Å². The molecule has 0 bridgehead atoms. The maximum atomic E-state index is 14.1. The Morgan fingerprint density at radius 2 is 1.88 bits per heavy atom. The number of ether oxygens (including phenoxy) is 3. The highest BCUT2D eigenvalue weighted by atomic mass is 19.1. The lowest BCUT2D eigenvalue weighted by atomic mass is 9.94. The molecule has 1 heterocycles. The predicted molar refractivity (Wildman–Crippen MR) is 119 cm³/mol. The quantitative estimate of drug-likeness (QED) is 0.543. The fourth-order valence-corrected chi connectivity index (χ4v) is 4.82. The number of aryl methyl sites for hydroxylation is 1. The summed E-state index contributed by atoms with van der Waals surface area (Å²) in [5.74, 6) is -0.431. The third kappa shape index (κ3) is 3.56. The van der Waals surface area contributed by atoms with Crippen molar-refractivity contribution in [2.24, 2.45) is 11.8 Å². The molecule has 3 aromatic rings. The average Bonchev–Trinajstić information content (AvgIpc) is 3.69. The highest BCUT2D eigenvalue weighted by molar-refractivity contribution is 5.99. The Bertz CT molecular complexity index is 1250. The SMILES string of the molecule is COCc1nc(C)ncc1OC1C2[C@@H](C(=O)Nc3ccc(F)cc3)[C@@]12c1ccc(F)c(OC)c1. The van der Waals surface area contributed by atoms with Crippen LogP contribution in [0.2, 0.25) is 0 Å². The Kier molecular flexibility index (Phi) is 5.44. The number of hydrogen-bond donors (Lipinski definition) is 1. The van der Waals surface area contributed by atoms with E-state index in [0.29, 0.717) is 23.0 Å². The van der Waals surface area contributed by atoms with Crippen molar-refractivity contribution in [2.45, 2.75) is 25.0 Å². The lowest BCUT2D eigenvalue weighted by Crippen LogP contribution is -2.32. The highest BCUT2D eigenvalue weighted by Crippen LogP contribution is 2.80. The summed E-state index contributed by atoms with van der Waals surface area (Å²) in [5.41, 5.74) is 1.22. The molecular formula is C25H23F2N3O4. The maximum Gasteiger partial charge on any atom is 0.229 e. The molecule has 2 saturated carbocycles. The summed E-state index contributed by atoms with van der Waals surface area (Å²) in [6.45, 7) is 2.03. The number of carbonyl (C=O) groups is 1. The molecule has 2 aliphatic rings. The number of amides is 1. The van der Waals surface area contributed by atoms with E-state index in [-0.39, 0.29) is 36.1 Å². The van der Waals surface area contributed by atoms with Crippen LogP contribution in [0.1, 0.15) is 17.1 Å². The zero-order chi connectivity index (χ0) is 24.0. The van der Waals surface area contributed by atoms with Crippen LogP contribution in [0.25, 0.3) is 0 Å². The van der Waals surface area contributed by atoms with Crippen molar-refractivity contribution in [1.29, 1.82) is 0 Å². The van der Waals surface area contributed by atoms with Crippen LogP contribution in [0, 0.1) is 30.4 Å². The molecule has 9 heteroatoms. The van der Waals surface area contributed by atoms with Crippen molar-refractivity contribution in [2.75, 3.05) is 19.5 Å². The van der Waals surface area contributed by atoms with Crippen molar-refractivity contribution >= 4 is 11.6 Å². The Morgan fingerprint density at radius 1 is 1.12 bits per heavy atom. The molecule has 0 aliphatic heterocycles. The fraction of sp³-hybridized carbons (Fsp3) is 0.320. The molecule has 5 rings (SSSR count). The van der Waals surface area contributed by atoms with E-state index >= 15 is 0 Å². The Labute approximate surface area is 195 Å². The van der Waals surface area contributed by atoms with E-state index in [4.69, 9.17) is 14.2 Å². The van der Waals surface area contributed by atoms with Crippen LogP contribution in [0.3, 0.4) is 0 Å². The van der Waals surface area contributed by atoms with Gasteiger partial charge in [-0.05, 0) is 48.9 Å². The second-order valence-electron chi connectivity index (χ2n) is 8.48. The van der Waals surface area contributed by atoms with Gasteiger partial charge in [0.2, 0.25) is 5.91 Å². The Morgan fingerprint density at radius 3 is 2.59 bits per heavy atom. The van der Waals surface area contributed by atoms with Crippen molar-refractivity contribution < 1.29 is 27.8 Å². The molecular weight excluding hydrogens is 444 g/mol. The van der Waals surface area contributed by atoms with Gasteiger partial charge in [0, 0.05) is 18.7 Å². The van der Waals surface area contributed by atoms with Crippen LogP contribution in [-0.4, -0.2) is 36.2 Å². The lowest BCUT2D eigenvalue weighted by Gasteiger charge is -2.22. The second-order valence-corrected chi connectivity index (χ2v) is 8.48. The summed E-state index contributed by atoms with van der Waals surface area (Å²) in [4.78, 5) is 21.7. The number of benzene rings is 2. The Balaban J connectivity index is 1.43. The van der Waals surface area contributed by atoms with Gasteiger partial charge in [-0.2, -0.15) is 0 Å². The maximum absolute atomic E-state index is 14.1. The van der Waals surface area contributed by atoms with Crippen molar-refractivity contribution in [3.8, 4) is 11.5 Å². The topological polar surface area (TPSA) is 82.6 Å². The van der Waals surface area contributed by atoms with Crippen LogP contribution < -0.4 is 14.8 Å². The molecule has 2 aromatic carbocycles. The first kappa shape index (κ1) is 22.2. The number of anilines is 1. The van der Waals surface area contributed by atoms with E-state index in [2.05, 4.69) is 15.3 Å². The molecule has 1 N–H and O–H groups in total. The lowest BCUT2D eigenvalue weighted by molar-refractivity contribution is -0.119.